The van der Waals surface area contributed by atoms with E-state index in [1.54, 1.807) is 10.9 Å². The molecule has 0 unspecified atom stereocenters. The average molecular weight is 596 g/mol. The van der Waals surface area contributed by atoms with Crippen LogP contribution in [0.4, 0.5) is 13.2 Å². The van der Waals surface area contributed by atoms with Gasteiger partial charge in [0, 0.05) is 30.8 Å². The Labute approximate surface area is 248 Å². The number of carbonyl (C=O) groups excluding carboxylic acids is 1. The topological polar surface area (TPSA) is 94.8 Å². The largest absolute Gasteiger partial charge is 0.435 e. The van der Waals surface area contributed by atoms with Crippen molar-refractivity contribution in [3.8, 4) is 28.4 Å². The summed E-state index contributed by atoms with van der Waals surface area (Å²) in [6.07, 6.45) is 4.70. The number of benzene rings is 3. The van der Waals surface area contributed by atoms with Crippen LogP contribution in [0.15, 0.2) is 84.0 Å². The van der Waals surface area contributed by atoms with Gasteiger partial charge in [0.2, 0.25) is 5.88 Å². The molecule has 8 nitrogen and oxygen atoms in total. The van der Waals surface area contributed by atoms with E-state index in [2.05, 4.69) is 15.0 Å². The Hall–Kier alpha value is -5.45. The third-order valence-electron chi connectivity index (χ3n) is 7.78. The van der Waals surface area contributed by atoms with E-state index in [1.807, 2.05) is 30.3 Å². The van der Waals surface area contributed by atoms with Crippen molar-refractivity contribution in [3.63, 3.8) is 0 Å². The van der Waals surface area contributed by atoms with E-state index >= 15 is 4.39 Å². The fourth-order valence-corrected chi connectivity index (χ4v) is 5.77. The maximum Gasteiger partial charge on any atom is 0.282 e. The number of carbonyl (C=O) groups is 1. The predicted molar refractivity (Wildman–Crippen MR) is 157 cm³/mol. The zero-order chi connectivity index (χ0) is 30.4. The van der Waals surface area contributed by atoms with Crippen molar-refractivity contribution in [2.24, 2.45) is 0 Å². The number of Topliss-reactive ketones (excluding diaryl/α,β-unsaturated/α-hetero) is 1. The molecule has 3 aromatic heterocycles. The van der Waals surface area contributed by atoms with Gasteiger partial charge in [0.25, 0.3) is 5.56 Å². The Bertz CT molecular complexity index is 2120. The van der Waals surface area contributed by atoms with Gasteiger partial charge >= 0.3 is 0 Å². The van der Waals surface area contributed by atoms with Gasteiger partial charge in [-0.25, -0.2) is 27.8 Å². The minimum Gasteiger partial charge on any atom is -0.435 e. The summed E-state index contributed by atoms with van der Waals surface area (Å²) in [5, 5.41) is 0.585. The number of fused-ring (bicyclic) bond motifs is 2. The first-order valence-corrected chi connectivity index (χ1v) is 14.1. The lowest BCUT2D eigenvalue weighted by molar-refractivity contribution is 0.0990. The molecule has 0 saturated heterocycles. The first-order chi connectivity index (χ1) is 21.4. The van der Waals surface area contributed by atoms with Gasteiger partial charge in [-0.3, -0.25) is 14.3 Å². The number of aromatic amines is 1. The molecule has 0 bridgehead atoms. The summed E-state index contributed by atoms with van der Waals surface area (Å²) in [5.74, 6) is -2.71. The molecule has 0 amide bonds. The molecule has 3 aromatic carbocycles. The number of hydrogen-bond acceptors (Lipinski definition) is 5. The summed E-state index contributed by atoms with van der Waals surface area (Å²) in [6, 6.07) is 16.5. The third-order valence-corrected chi connectivity index (χ3v) is 7.78. The van der Waals surface area contributed by atoms with E-state index in [4.69, 9.17) is 4.74 Å². The average Bonchev–Trinajstić information content (AvgIpc) is 3.59. The zero-order valence-corrected chi connectivity index (χ0v) is 23.2. The molecule has 0 saturated carbocycles. The highest BCUT2D eigenvalue weighted by atomic mass is 19.1. The molecule has 1 aliphatic heterocycles. The van der Waals surface area contributed by atoms with Gasteiger partial charge in [-0.05, 0) is 54.7 Å². The molecule has 6 aromatic rings. The fraction of sp³-hybridized carbons (Fsp3) is 0.152. The third kappa shape index (κ3) is 4.76. The van der Waals surface area contributed by atoms with Crippen LogP contribution in [0.1, 0.15) is 34.5 Å². The molecule has 0 radical (unpaired) electrons. The van der Waals surface area contributed by atoms with E-state index in [-0.39, 0.29) is 29.3 Å². The van der Waals surface area contributed by atoms with Crippen LogP contribution in [0.25, 0.3) is 27.8 Å². The normalized spacial score (nSPS) is 12.8. The van der Waals surface area contributed by atoms with E-state index in [1.165, 1.54) is 24.5 Å². The Morgan fingerprint density at radius 3 is 2.61 bits per heavy atom. The number of ketones is 1. The van der Waals surface area contributed by atoms with Crippen LogP contribution in [0.2, 0.25) is 0 Å². The highest BCUT2D eigenvalue weighted by molar-refractivity contribution is 5.99. The highest BCUT2D eigenvalue weighted by Gasteiger charge is 2.29. The summed E-state index contributed by atoms with van der Waals surface area (Å²) >= 11 is 0. The van der Waals surface area contributed by atoms with E-state index in [0.717, 1.165) is 40.4 Å². The molecule has 44 heavy (non-hydrogen) atoms. The van der Waals surface area contributed by atoms with Crippen molar-refractivity contribution in [1.29, 1.82) is 0 Å². The molecular weight excluding hydrogens is 571 g/mol. The maximum atomic E-state index is 15.4. The van der Waals surface area contributed by atoms with Gasteiger partial charge in [0.1, 0.15) is 34.9 Å². The van der Waals surface area contributed by atoms with Crippen LogP contribution in [0.5, 0.6) is 11.6 Å². The standard InChI is InChI=1S/C33H24F3N5O3/c34-21-10-11-23(35)26(16-21)41-33(43)30(25-8-4-5-13-40(25)41)27(42)15-19-9-12-28(24(36)14-19)44-32-29-22(20-6-2-1-3-7-20)17-37-31(29)38-18-39-32/h1-3,6-7,9-12,14,16-18H,4-5,8,13,15H2,(H,37,38,39). The number of H-pyrrole nitrogens is 1. The van der Waals surface area contributed by atoms with Crippen LogP contribution in [-0.2, 0) is 19.4 Å². The molecule has 1 aliphatic rings. The molecule has 7 rings (SSSR count). The Balaban J connectivity index is 1.19. The number of nitrogens with one attached hydrogen (secondary N) is 1. The molecule has 0 fully saturated rings. The smallest absolute Gasteiger partial charge is 0.282 e. The lowest BCUT2D eigenvalue weighted by atomic mass is 9.99. The van der Waals surface area contributed by atoms with Crippen molar-refractivity contribution < 1.29 is 22.7 Å². The van der Waals surface area contributed by atoms with Crippen LogP contribution in [0.3, 0.4) is 0 Å². The van der Waals surface area contributed by atoms with E-state index < -0.39 is 28.8 Å². The zero-order valence-electron chi connectivity index (χ0n) is 23.2. The van der Waals surface area contributed by atoms with Crippen molar-refractivity contribution in [1.82, 2.24) is 24.3 Å². The lowest BCUT2D eigenvalue weighted by Gasteiger charge is -2.19. The second kappa shape index (κ2) is 11.0. The van der Waals surface area contributed by atoms with Crippen LogP contribution >= 0.6 is 0 Å². The Morgan fingerprint density at radius 2 is 1.80 bits per heavy atom. The van der Waals surface area contributed by atoms with Crippen molar-refractivity contribution >= 4 is 16.8 Å². The Morgan fingerprint density at radius 1 is 0.955 bits per heavy atom. The first kappa shape index (κ1) is 27.4. The first-order valence-electron chi connectivity index (χ1n) is 14.1. The SMILES string of the molecule is O=C(Cc1ccc(Oc2ncnc3[nH]cc(-c4ccccc4)c23)c(F)c1)c1c2n(n(-c3cc(F)ccc3F)c1=O)CCCC2. The fourth-order valence-electron chi connectivity index (χ4n) is 5.77. The number of nitrogens with zero attached hydrogens (tertiary/aromatic N) is 4. The van der Waals surface area contributed by atoms with Crippen LogP contribution < -0.4 is 10.3 Å². The van der Waals surface area contributed by atoms with Gasteiger partial charge < -0.3 is 9.72 Å². The summed E-state index contributed by atoms with van der Waals surface area (Å²) in [4.78, 5) is 38.6. The van der Waals surface area contributed by atoms with Gasteiger partial charge in [-0.2, -0.15) is 0 Å². The highest BCUT2D eigenvalue weighted by Crippen LogP contribution is 2.36. The number of rotatable bonds is 7. The maximum absolute atomic E-state index is 15.4. The van der Waals surface area contributed by atoms with Gasteiger partial charge in [0.15, 0.2) is 17.3 Å². The molecule has 11 heteroatoms. The molecule has 1 N–H and O–H groups in total. The molecule has 4 heterocycles. The van der Waals surface area contributed by atoms with E-state index in [0.29, 0.717) is 41.7 Å². The number of halogens is 3. The van der Waals surface area contributed by atoms with Gasteiger partial charge in [0.05, 0.1) is 11.1 Å². The minimum atomic E-state index is -0.785. The van der Waals surface area contributed by atoms with Crippen molar-refractivity contribution in [2.45, 2.75) is 32.2 Å². The monoisotopic (exact) mass is 595 g/mol. The second-order valence-electron chi connectivity index (χ2n) is 10.6. The van der Waals surface area contributed by atoms with Gasteiger partial charge in [-0.1, -0.05) is 36.4 Å². The summed E-state index contributed by atoms with van der Waals surface area (Å²) in [6.45, 7) is 0.373. The molecule has 0 spiro atoms. The quantitative estimate of drug-likeness (QED) is 0.211. The van der Waals surface area contributed by atoms with E-state index in [9.17, 15) is 18.4 Å². The number of hydrogen-bond donors (Lipinski definition) is 1. The van der Waals surface area contributed by atoms with Crippen molar-refractivity contribution in [2.75, 3.05) is 0 Å². The number of aromatic nitrogens is 5. The summed E-state index contributed by atoms with van der Waals surface area (Å²) < 4.78 is 52.5. The van der Waals surface area contributed by atoms with Crippen LogP contribution in [0, 0.1) is 17.5 Å². The molecule has 220 valence electrons. The van der Waals surface area contributed by atoms with Crippen LogP contribution in [-0.4, -0.2) is 30.1 Å². The lowest BCUT2D eigenvalue weighted by Crippen LogP contribution is -2.25. The second-order valence-corrected chi connectivity index (χ2v) is 10.6. The Kier molecular flexibility index (Phi) is 6.84. The molecular formula is C33H24F3N5O3. The van der Waals surface area contributed by atoms with Gasteiger partial charge in [-0.15, -0.1) is 0 Å². The summed E-state index contributed by atoms with van der Waals surface area (Å²) in [7, 11) is 0. The summed E-state index contributed by atoms with van der Waals surface area (Å²) in [5.41, 5.74) is 1.90. The minimum absolute atomic E-state index is 0.0987. The molecule has 0 aliphatic carbocycles. The molecule has 0 atom stereocenters. The number of ether oxygens (including phenoxy) is 1. The predicted octanol–water partition coefficient (Wildman–Crippen LogP) is 6.55. The van der Waals surface area contributed by atoms with Crippen molar-refractivity contribution in [3.05, 3.63) is 124 Å².